The summed E-state index contributed by atoms with van der Waals surface area (Å²) in [5.74, 6) is 0. The Balaban J connectivity index is 1.72. The molecule has 152 valence electrons. The quantitative estimate of drug-likeness (QED) is 0.258. The van der Waals surface area contributed by atoms with Crippen LogP contribution >= 0.6 is 0 Å². The Morgan fingerprint density at radius 3 is 2.13 bits per heavy atom. The molecule has 5 aromatic rings. The molecule has 1 aromatic heterocycles. The average molecular weight is 403 g/mol. The maximum atomic E-state index is 5.05. The fourth-order valence-corrected chi connectivity index (χ4v) is 4.28. The van der Waals surface area contributed by atoms with Gasteiger partial charge in [0.05, 0.1) is 11.4 Å². The number of benzene rings is 4. The summed E-state index contributed by atoms with van der Waals surface area (Å²) in [4.78, 5) is 5.05. The summed E-state index contributed by atoms with van der Waals surface area (Å²) in [7, 11) is 0. The molecule has 0 N–H and O–H groups in total. The number of nitrogens with zero attached hydrogens (tertiary/aromatic N) is 2. The zero-order chi connectivity index (χ0) is 21.0. The van der Waals surface area contributed by atoms with Gasteiger partial charge in [-0.05, 0) is 36.8 Å². The van der Waals surface area contributed by atoms with E-state index in [4.69, 9.17) is 4.99 Å². The summed E-state index contributed by atoms with van der Waals surface area (Å²) >= 11 is 0. The number of unbranched alkanes of at least 4 members (excludes halogenated alkanes) is 1. The van der Waals surface area contributed by atoms with Crippen LogP contribution in [0.3, 0.4) is 0 Å². The Morgan fingerprint density at radius 2 is 1.35 bits per heavy atom. The van der Waals surface area contributed by atoms with E-state index in [0.717, 1.165) is 29.1 Å². The van der Waals surface area contributed by atoms with Crippen molar-refractivity contribution in [1.82, 2.24) is 4.57 Å². The number of rotatable bonds is 6. The second-order valence-corrected chi connectivity index (χ2v) is 7.92. The van der Waals surface area contributed by atoms with Crippen molar-refractivity contribution in [3.63, 3.8) is 0 Å². The van der Waals surface area contributed by atoms with Crippen molar-refractivity contribution in [1.29, 1.82) is 0 Å². The van der Waals surface area contributed by atoms with Gasteiger partial charge in [-0.15, -0.1) is 0 Å². The van der Waals surface area contributed by atoms with Crippen LogP contribution in [0.4, 0.5) is 5.69 Å². The van der Waals surface area contributed by atoms with Gasteiger partial charge in [-0.3, -0.25) is 0 Å². The first-order valence-electron chi connectivity index (χ1n) is 11.1. The highest BCUT2D eigenvalue weighted by Crippen LogP contribution is 2.31. The van der Waals surface area contributed by atoms with Crippen molar-refractivity contribution >= 4 is 33.2 Å². The van der Waals surface area contributed by atoms with E-state index in [2.05, 4.69) is 90.4 Å². The molecule has 31 heavy (non-hydrogen) atoms. The van der Waals surface area contributed by atoms with Crippen LogP contribution in [0.2, 0.25) is 0 Å². The number of aryl methyl sites for hydroxylation is 1. The monoisotopic (exact) mass is 402 g/mol. The van der Waals surface area contributed by atoms with Crippen molar-refractivity contribution in [3.8, 4) is 0 Å². The first kappa shape index (κ1) is 19.3. The van der Waals surface area contributed by atoms with Gasteiger partial charge in [0, 0.05) is 39.5 Å². The Labute approximate surface area is 183 Å². The molecule has 0 spiro atoms. The smallest absolute Gasteiger partial charge is 0.0781 e. The van der Waals surface area contributed by atoms with Crippen LogP contribution in [-0.2, 0) is 6.54 Å². The number of hydrogen-bond acceptors (Lipinski definition) is 1. The highest BCUT2D eigenvalue weighted by molar-refractivity contribution is 6.17. The number of para-hydroxylation sites is 2. The van der Waals surface area contributed by atoms with Gasteiger partial charge < -0.3 is 4.57 Å². The standard InChI is InChI=1S/C29H26N2/c1-2-3-20-31-27-17-11-10-16-25(27)26-21-23(18-19-28(26)31)29(22-12-6-4-7-13-22)30-24-14-8-5-9-15-24/h4-19,21H,2-3,20H2,1H3. The van der Waals surface area contributed by atoms with Crippen LogP contribution in [0.15, 0.2) is 108 Å². The Bertz CT molecular complexity index is 1350. The van der Waals surface area contributed by atoms with Gasteiger partial charge in [0.25, 0.3) is 0 Å². The fraction of sp³-hybridized carbons (Fsp3) is 0.138. The maximum Gasteiger partial charge on any atom is 0.0781 e. The zero-order valence-corrected chi connectivity index (χ0v) is 17.8. The lowest BCUT2D eigenvalue weighted by molar-refractivity contribution is 0.665. The predicted molar refractivity (Wildman–Crippen MR) is 133 cm³/mol. The van der Waals surface area contributed by atoms with E-state index in [0.29, 0.717) is 0 Å². The van der Waals surface area contributed by atoms with E-state index in [1.54, 1.807) is 0 Å². The Morgan fingerprint density at radius 1 is 0.677 bits per heavy atom. The highest BCUT2D eigenvalue weighted by atomic mass is 15.0. The summed E-state index contributed by atoms with van der Waals surface area (Å²) in [6, 6.07) is 36.2. The first-order chi connectivity index (χ1) is 15.3. The van der Waals surface area contributed by atoms with Gasteiger partial charge in [-0.25, -0.2) is 4.99 Å². The summed E-state index contributed by atoms with van der Waals surface area (Å²) in [6.45, 7) is 3.29. The van der Waals surface area contributed by atoms with E-state index in [1.165, 1.54) is 34.6 Å². The second kappa shape index (κ2) is 8.61. The van der Waals surface area contributed by atoms with Crippen LogP contribution in [0.5, 0.6) is 0 Å². The number of aromatic nitrogens is 1. The first-order valence-corrected chi connectivity index (χ1v) is 11.1. The molecule has 0 radical (unpaired) electrons. The SMILES string of the molecule is CCCCn1c2ccccc2c2cc(C(=Nc3ccccc3)c3ccccc3)ccc21. The third-order valence-electron chi connectivity index (χ3n) is 5.83. The fourth-order valence-electron chi connectivity index (χ4n) is 4.28. The molecule has 0 aliphatic heterocycles. The molecule has 0 atom stereocenters. The Kier molecular flexibility index (Phi) is 5.37. The zero-order valence-electron chi connectivity index (χ0n) is 17.8. The van der Waals surface area contributed by atoms with E-state index < -0.39 is 0 Å². The molecule has 0 unspecified atom stereocenters. The third kappa shape index (κ3) is 3.77. The molecule has 0 bridgehead atoms. The number of fused-ring (bicyclic) bond motifs is 3. The molecule has 2 nitrogen and oxygen atoms in total. The van der Waals surface area contributed by atoms with Crippen LogP contribution in [0, 0.1) is 0 Å². The molecular formula is C29H26N2. The molecule has 0 saturated carbocycles. The van der Waals surface area contributed by atoms with Crippen LogP contribution in [0.1, 0.15) is 30.9 Å². The van der Waals surface area contributed by atoms with E-state index >= 15 is 0 Å². The molecule has 0 saturated heterocycles. The van der Waals surface area contributed by atoms with Crippen molar-refractivity contribution in [2.24, 2.45) is 4.99 Å². The molecule has 0 aliphatic rings. The largest absolute Gasteiger partial charge is 0.340 e. The third-order valence-corrected chi connectivity index (χ3v) is 5.83. The van der Waals surface area contributed by atoms with Crippen LogP contribution in [0.25, 0.3) is 21.8 Å². The van der Waals surface area contributed by atoms with Gasteiger partial charge in [-0.2, -0.15) is 0 Å². The molecule has 5 rings (SSSR count). The van der Waals surface area contributed by atoms with Crippen molar-refractivity contribution in [3.05, 3.63) is 114 Å². The van der Waals surface area contributed by atoms with Crippen LogP contribution in [-0.4, -0.2) is 10.3 Å². The summed E-state index contributed by atoms with van der Waals surface area (Å²) in [6.07, 6.45) is 2.37. The van der Waals surface area contributed by atoms with E-state index in [1.807, 2.05) is 24.3 Å². The van der Waals surface area contributed by atoms with Crippen molar-refractivity contribution in [2.75, 3.05) is 0 Å². The minimum atomic E-state index is 0.965. The van der Waals surface area contributed by atoms with E-state index in [-0.39, 0.29) is 0 Å². The Hall–Kier alpha value is -3.65. The minimum absolute atomic E-state index is 0.965. The van der Waals surface area contributed by atoms with Gasteiger partial charge in [0.15, 0.2) is 0 Å². The minimum Gasteiger partial charge on any atom is -0.340 e. The van der Waals surface area contributed by atoms with Crippen LogP contribution < -0.4 is 0 Å². The molecular weight excluding hydrogens is 376 g/mol. The highest BCUT2D eigenvalue weighted by Gasteiger charge is 2.14. The lowest BCUT2D eigenvalue weighted by Crippen LogP contribution is -2.03. The maximum absolute atomic E-state index is 5.05. The molecule has 0 amide bonds. The van der Waals surface area contributed by atoms with Gasteiger partial charge in [0.2, 0.25) is 0 Å². The molecule has 0 fully saturated rings. The molecule has 2 heteroatoms. The van der Waals surface area contributed by atoms with Crippen molar-refractivity contribution in [2.45, 2.75) is 26.3 Å². The predicted octanol–water partition coefficient (Wildman–Crippen LogP) is 7.76. The molecule has 4 aromatic carbocycles. The van der Waals surface area contributed by atoms with Crippen molar-refractivity contribution < 1.29 is 0 Å². The van der Waals surface area contributed by atoms with Gasteiger partial charge in [-0.1, -0.05) is 86.1 Å². The number of aliphatic imine (C=N–C) groups is 1. The van der Waals surface area contributed by atoms with Gasteiger partial charge >= 0.3 is 0 Å². The van der Waals surface area contributed by atoms with E-state index in [9.17, 15) is 0 Å². The second-order valence-electron chi connectivity index (χ2n) is 7.92. The normalized spacial score (nSPS) is 12.0. The molecule has 0 aliphatic carbocycles. The lowest BCUT2D eigenvalue weighted by Gasteiger charge is -2.10. The summed E-state index contributed by atoms with van der Waals surface area (Å²) in [5.41, 5.74) is 6.84. The number of hydrogen-bond donors (Lipinski definition) is 0. The lowest BCUT2D eigenvalue weighted by atomic mass is 10.00. The topological polar surface area (TPSA) is 17.3 Å². The average Bonchev–Trinajstić information content (AvgIpc) is 3.15. The van der Waals surface area contributed by atoms with Gasteiger partial charge in [0.1, 0.15) is 0 Å². The molecule has 1 heterocycles. The summed E-state index contributed by atoms with van der Waals surface area (Å²) < 4.78 is 2.47. The summed E-state index contributed by atoms with van der Waals surface area (Å²) in [5, 5.41) is 2.60.